The van der Waals surface area contributed by atoms with Crippen LogP contribution in [0.4, 0.5) is 0 Å². The van der Waals surface area contributed by atoms with Crippen molar-refractivity contribution in [1.29, 1.82) is 0 Å². The van der Waals surface area contributed by atoms with Crippen LogP contribution in [0.25, 0.3) is 0 Å². The molecule has 0 aromatic heterocycles. The number of benzene rings is 1. The van der Waals surface area contributed by atoms with Gasteiger partial charge in [0.2, 0.25) is 0 Å². The zero-order valence-corrected chi connectivity index (χ0v) is 10.5. The van der Waals surface area contributed by atoms with E-state index in [0.29, 0.717) is 3.46 Å². The van der Waals surface area contributed by atoms with Gasteiger partial charge in [0.05, 0.1) is 0 Å². The molecule has 0 heterocycles. The number of rotatable bonds is 1. The van der Waals surface area contributed by atoms with E-state index >= 15 is 0 Å². The first-order chi connectivity index (χ1) is 5.47. The Hall–Kier alpha value is 0.00961. The van der Waals surface area contributed by atoms with Gasteiger partial charge in [-0.1, -0.05) is 0 Å². The second-order valence-electron chi connectivity index (χ2n) is 4.03. The van der Waals surface area contributed by atoms with Crippen LogP contribution in [0.3, 0.4) is 0 Å². The second kappa shape index (κ2) is 3.81. The van der Waals surface area contributed by atoms with Gasteiger partial charge in [-0.3, -0.25) is 0 Å². The minimum absolute atomic E-state index is 0.00913. The van der Waals surface area contributed by atoms with Crippen LogP contribution in [0.5, 0.6) is 0 Å². The standard InChI is InChI=1S/C11H16Te/c1-9-5-7-10(8-6-9)12-11(2,3)4/h5-8H,1-4H3. The summed E-state index contributed by atoms with van der Waals surface area (Å²) in [6.07, 6.45) is 0. The third kappa shape index (κ3) is 3.61. The predicted molar refractivity (Wildman–Crippen MR) is 56.3 cm³/mol. The van der Waals surface area contributed by atoms with Gasteiger partial charge in [-0.25, -0.2) is 0 Å². The van der Waals surface area contributed by atoms with Gasteiger partial charge in [0.1, 0.15) is 0 Å². The van der Waals surface area contributed by atoms with Gasteiger partial charge in [-0.05, 0) is 0 Å². The Morgan fingerprint density at radius 1 is 1.00 bits per heavy atom. The normalized spacial score (nSPS) is 11.7. The van der Waals surface area contributed by atoms with Crippen LogP contribution >= 0.6 is 0 Å². The van der Waals surface area contributed by atoms with Crippen molar-refractivity contribution < 1.29 is 0 Å². The Morgan fingerprint density at radius 3 is 1.92 bits per heavy atom. The van der Waals surface area contributed by atoms with Crippen LogP contribution in [-0.4, -0.2) is 20.9 Å². The van der Waals surface area contributed by atoms with E-state index in [4.69, 9.17) is 0 Å². The summed E-state index contributed by atoms with van der Waals surface area (Å²) < 4.78 is 2.10. The first kappa shape index (κ1) is 10.1. The molecule has 0 radical (unpaired) electrons. The summed E-state index contributed by atoms with van der Waals surface area (Å²) in [7, 11) is 0. The summed E-state index contributed by atoms with van der Waals surface area (Å²) in [6.45, 7) is 9.13. The molecule has 0 spiro atoms. The third-order valence-corrected chi connectivity index (χ3v) is 4.64. The Bertz CT molecular complexity index is 241. The van der Waals surface area contributed by atoms with E-state index in [2.05, 4.69) is 52.0 Å². The van der Waals surface area contributed by atoms with Gasteiger partial charge in [0, 0.05) is 0 Å². The molecule has 12 heavy (non-hydrogen) atoms. The molecule has 0 amide bonds. The zero-order valence-electron chi connectivity index (χ0n) is 8.22. The van der Waals surface area contributed by atoms with E-state index in [9.17, 15) is 0 Å². The quantitative estimate of drug-likeness (QED) is 0.691. The van der Waals surface area contributed by atoms with Crippen molar-refractivity contribution in [2.24, 2.45) is 0 Å². The number of hydrogen-bond acceptors (Lipinski definition) is 0. The molecule has 0 bridgehead atoms. The van der Waals surface area contributed by atoms with E-state index in [1.54, 1.807) is 3.61 Å². The van der Waals surface area contributed by atoms with Gasteiger partial charge >= 0.3 is 85.5 Å². The molecule has 0 aliphatic heterocycles. The average molecular weight is 276 g/mol. The predicted octanol–water partition coefficient (Wildman–Crippen LogP) is 2.54. The molecule has 0 aliphatic rings. The topological polar surface area (TPSA) is 0 Å². The van der Waals surface area contributed by atoms with Gasteiger partial charge in [-0.15, -0.1) is 0 Å². The van der Waals surface area contributed by atoms with Crippen molar-refractivity contribution >= 4 is 24.5 Å². The van der Waals surface area contributed by atoms with E-state index in [0.717, 1.165) is 0 Å². The summed E-state index contributed by atoms with van der Waals surface area (Å²) in [4.78, 5) is 0. The van der Waals surface area contributed by atoms with Crippen molar-refractivity contribution in [3.63, 3.8) is 0 Å². The molecule has 0 unspecified atom stereocenters. The van der Waals surface area contributed by atoms with Crippen molar-refractivity contribution in [1.82, 2.24) is 0 Å². The van der Waals surface area contributed by atoms with Crippen molar-refractivity contribution in [3.05, 3.63) is 29.8 Å². The molecule has 0 N–H and O–H groups in total. The monoisotopic (exact) mass is 278 g/mol. The first-order valence-electron chi connectivity index (χ1n) is 4.23. The fourth-order valence-corrected chi connectivity index (χ4v) is 3.75. The molecule has 0 saturated heterocycles. The Labute approximate surface area is 85.5 Å². The maximum atomic E-state index is 2.33. The zero-order chi connectivity index (χ0) is 9.19. The fraction of sp³-hybridized carbons (Fsp3) is 0.455. The summed E-state index contributed by atoms with van der Waals surface area (Å²) in [5, 5.41) is 0. The molecule has 0 fully saturated rings. The van der Waals surface area contributed by atoms with Crippen LogP contribution in [0.2, 0.25) is 3.46 Å². The number of hydrogen-bond donors (Lipinski definition) is 0. The molecular weight excluding hydrogens is 260 g/mol. The molecule has 1 heteroatoms. The van der Waals surface area contributed by atoms with Crippen molar-refractivity contribution in [3.8, 4) is 0 Å². The van der Waals surface area contributed by atoms with Gasteiger partial charge in [0.15, 0.2) is 0 Å². The van der Waals surface area contributed by atoms with Gasteiger partial charge in [-0.2, -0.15) is 0 Å². The Balaban J connectivity index is 2.71. The van der Waals surface area contributed by atoms with Gasteiger partial charge in [0.25, 0.3) is 0 Å². The molecule has 0 nitrogen and oxygen atoms in total. The van der Waals surface area contributed by atoms with E-state index in [1.165, 1.54) is 5.56 Å². The van der Waals surface area contributed by atoms with Crippen LogP contribution in [0.15, 0.2) is 24.3 Å². The average Bonchev–Trinajstić information content (AvgIpc) is 1.91. The summed E-state index contributed by atoms with van der Waals surface area (Å²) in [5.74, 6) is 0. The first-order valence-corrected chi connectivity index (χ1v) is 6.56. The minimum atomic E-state index is -0.00913. The Kier molecular flexibility index (Phi) is 3.21. The molecule has 1 aromatic rings. The maximum absolute atomic E-state index is 2.33. The summed E-state index contributed by atoms with van der Waals surface area (Å²) in [6, 6.07) is 8.99. The van der Waals surface area contributed by atoms with Crippen LogP contribution in [-0.2, 0) is 0 Å². The van der Waals surface area contributed by atoms with Crippen LogP contribution < -0.4 is 3.61 Å². The molecule has 0 saturated carbocycles. The molecule has 66 valence electrons. The fourth-order valence-electron chi connectivity index (χ4n) is 0.960. The number of aryl methyl sites for hydroxylation is 1. The Morgan fingerprint density at radius 2 is 1.50 bits per heavy atom. The van der Waals surface area contributed by atoms with E-state index < -0.39 is 0 Å². The summed E-state index contributed by atoms with van der Waals surface area (Å²) >= 11 is -0.00913. The van der Waals surface area contributed by atoms with Crippen molar-refractivity contribution in [2.45, 2.75) is 31.2 Å². The van der Waals surface area contributed by atoms with Crippen LogP contribution in [0.1, 0.15) is 26.3 Å². The van der Waals surface area contributed by atoms with Crippen molar-refractivity contribution in [2.75, 3.05) is 0 Å². The second-order valence-corrected chi connectivity index (χ2v) is 9.45. The third-order valence-electron chi connectivity index (χ3n) is 1.45. The molecule has 0 atom stereocenters. The molecule has 1 aromatic carbocycles. The van der Waals surface area contributed by atoms with E-state index in [-0.39, 0.29) is 20.9 Å². The van der Waals surface area contributed by atoms with Gasteiger partial charge < -0.3 is 0 Å². The van der Waals surface area contributed by atoms with Crippen LogP contribution in [0, 0.1) is 6.92 Å². The summed E-state index contributed by atoms with van der Waals surface area (Å²) in [5.41, 5.74) is 1.36. The SMILES string of the molecule is Cc1ccc([Te]C(C)(C)C)cc1. The molecular formula is C11H16Te. The molecule has 1 rings (SSSR count). The molecule has 0 aliphatic carbocycles. The van der Waals surface area contributed by atoms with E-state index in [1.807, 2.05) is 0 Å².